The van der Waals surface area contributed by atoms with Crippen molar-refractivity contribution in [2.24, 2.45) is 0 Å². The maximum absolute atomic E-state index is 12.9. The van der Waals surface area contributed by atoms with Crippen molar-refractivity contribution in [2.75, 3.05) is 47.5 Å². The van der Waals surface area contributed by atoms with Crippen LogP contribution in [-0.2, 0) is 32.7 Å². The molecular weight excluding hydrogens is 1170 g/mol. The van der Waals surface area contributed by atoms with Gasteiger partial charge in [0.25, 0.3) is 0 Å². The summed E-state index contributed by atoms with van der Waals surface area (Å²) in [5.41, 5.74) is 0. The first-order valence-corrected chi connectivity index (χ1v) is 40.6. The molecule has 0 aliphatic rings. The maximum atomic E-state index is 12.9. The van der Waals surface area contributed by atoms with Crippen molar-refractivity contribution in [1.82, 2.24) is 0 Å². The van der Waals surface area contributed by atoms with E-state index in [9.17, 15) is 19.0 Å². The van der Waals surface area contributed by atoms with E-state index in [0.29, 0.717) is 17.4 Å². The minimum absolute atomic E-state index is 0.0290. The Morgan fingerprint density at radius 2 is 0.613 bits per heavy atom. The lowest BCUT2D eigenvalue weighted by molar-refractivity contribution is -0.870. The van der Waals surface area contributed by atoms with E-state index in [4.69, 9.17) is 18.5 Å². The van der Waals surface area contributed by atoms with Gasteiger partial charge in [-0.05, 0) is 83.5 Å². The summed E-state index contributed by atoms with van der Waals surface area (Å²) in [6, 6.07) is 0. The van der Waals surface area contributed by atoms with Gasteiger partial charge in [0.2, 0.25) is 0 Å². The van der Waals surface area contributed by atoms with E-state index in [1.165, 1.54) is 218 Å². The number of likely N-dealkylation sites (N-methyl/N-ethyl adjacent to an activating group) is 1. The summed E-state index contributed by atoms with van der Waals surface area (Å²) in [5, 5.41) is 0. The molecule has 0 saturated heterocycles. The predicted molar refractivity (Wildman–Crippen MR) is 404 cm³/mol. The molecule has 538 valence electrons. The zero-order valence-electron chi connectivity index (χ0n) is 61.5. The summed E-state index contributed by atoms with van der Waals surface area (Å²) in [5.74, 6) is -0.789. The summed E-state index contributed by atoms with van der Waals surface area (Å²) >= 11 is 0. The molecule has 0 rings (SSSR count). The summed E-state index contributed by atoms with van der Waals surface area (Å²) in [6.07, 6.45) is 104. The topological polar surface area (TPSA) is 108 Å². The average molecular weight is 1320 g/mol. The molecule has 0 aliphatic carbocycles. The number of phosphoric acid groups is 1. The van der Waals surface area contributed by atoms with E-state index in [1.54, 1.807) is 0 Å². The Kier molecular flexibility index (Phi) is 70.3. The van der Waals surface area contributed by atoms with Gasteiger partial charge in [-0.1, -0.05) is 367 Å². The van der Waals surface area contributed by atoms with Gasteiger partial charge >= 0.3 is 19.8 Å². The predicted octanol–water partition coefficient (Wildman–Crippen LogP) is 26.0. The second-order valence-corrected chi connectivity index (χ2v) is 28.8. The molecule has 0 heterocycles. The molecule has 0 aliphatic heterocycles. The van der Waals surface area contributed by atoms with E-state index >= 15 is 0 Å². The number of esters is 2. The Morgan fingerprint density at radius 1 is 0.344 bits per heavy atom. The lowest BCUT2D eigenvalue weighted by atomic mass is 10.0. The number of quaternary nitrogens is 1. The normalized spacial score (nSPS) is 13.7. The molecule has 1 N–H and O–H groups in total. The standard InChI is InChI=1S/C83H148NO8P/c1-6-8-10-12-14-16-18-20-22-24-26-28-30-32-34-36-38-39-40-41-42-43-44-45-46-48-50-52-54-56-58-60-62-64-66-68-70-72-74-76-83(86)92-81(80-91-93(87,88)90-78-77-84(3,4)5)79-89-82(85)75-73-71-69-67-65-63-61-59-57-55-53-51-49-47-37-35-33-31-29-27-25-23-21-19-17-15-13-11-9-7-2/h8,10,14,16,20,22,26,28,32,34,38-39,41-42,44-45,48,50,81H,6-7,9,11-13,15,17-19,21,23-25,27,29-31,33,35-37,40,43,46-47,49,51-80H2,1-5H3/p+1/b10-8-,16-14-,22-20-,28-26-,34-32-,39-38-,42-41-,45-44-,50-48-. The quantitative estimate of drug-likeness (QED) is 0.0211. The van der Waals surface area contributed by atoms with Crippen molar-refractivity contribution < 1.29 is 42.1 Å². The highest BCUT2D eigenvalue weighted by molar-refractivity contribution is 7.47. The summed E-state index contributed by atoms with van der Waals surface area (Å²) < 4.78 is 34.8. The van der Waals surface area contributed by atoms with E-state index in [-0.39, 0.29) is 32.0 Å². The van der Waals surface area contributed by atoms with Gasteiger partial charge in [0, 0.05) is 12.8 Å². The number of phosphoric ester groups is 1. The van der Waals surface area contributed by atoms with Gasteiger partial charge in [0.15, 0.2) is 6.10 Å². The van der Waals surface area contributed by atoms with Crippen LogP contribution in [0.1, 0.15) is 354 Å². The van der Waals surface area contributed by atoms with Crippen LogP contribution >= 0.6 is 7.82 Å². The zero-order chi connectivity index (χ0) is 67.6. The maximum Gasteiger partial charge on any atom is 0.472 e. The molecular formula is C83H149NO8P+. The van der Waals surface area contributed by atoms with Gasteiger partial charge in [-0.25, -0.2) is 4.57 Å². The number of hydrogen-bond acceptors (Lipinski definition) is 7. The number of hydrogen-bond donors (Lipinski definition) is 1. The third-order valence-electron chi connectivity index (χ3n) is 17.1. The molecule has 10 heteroatoms. The fraction of sp³-hybridized carbons (Fsp3) is 0.759. The second-order valence-electron chi connectivity index (χ2n) is 27.4. The van der Waals surface area contributed by atoms with Gasteiger partial charge in [-0.15, -0.1) is 0 Å². The minimum atomic E-state index is -4.40. The Bertz CT molecular complexity index is 1940. The molecule has 0 aromatic carbocycles. The highest BCUT2D eigenvalue weighted by Crippen LogP contribution is 2.43. The van der Waals surface area contributed by atoms with Crippen molar-refractivity contribution in [3.05, 3.63) is 109 Å². The SMILES string of the molecule is CC/C=C\C/C=C\C/C=C\C/C=C\C/C=C\C/C=C\C/C=C\C/C=C\C/C=C\CCCCCCCCCCCCCC(=O)OC(COC(=O)CCCCCCCCCCCCCCCCCCCCCCCCCCCCCCCC)COP(=O)(O)OCC[N+](C)(C)C. The van der Waals surface area contributed by atoms with Crippen molar-refractivity contribution >= 4 is 19.8 Å². The van der Waals surface area contributed by atoms with Crippen LogP contribution in [0.2, 0.25) is 0 Å². The smallest absolute Gasteiger partial charge is 0.462 e. The lowest BCUT2D eigenvalue weighted by Gasteiger charge is -2.24. The number of ether oxygens (including phenoxy) is 2. The minimum Gasteiger partial charge on any atom is -0.462 e. The number of carbonyl (C=O) groups is 2. The average Bonchev–Trinajstić information content (AvgIpc) is 2.01. The van der Waals surface area contributed by atoms with Crippen molar-refractivity contribution in [3.63, 3.8) is 0 Å². The van der Waals surface area contributed by atoms with Crippen LogP contribution in [0, 0.1) is 0 Å². The second kappa shape index (κ2) is 72.9. The van der Waals surface area contributed by atoms with Gasteiger partial charge in [0.1, 0.15) is 19.8 Å². The molecule has 0 radical (unpaired) electrons. The molecule has 0 bridgehead atoms. The number of allylic oxidation sites excluding steroid dienone is 18. The fourth-order valence-electron chi connectivity index (χ4n) is 11.1. The monoisotopic (exact) mass is 1320 g/mol. The van der Waals surface area contributed by atoms with Crippen LogP contribution < -0.4 is 0 Å². The van der Waals surface area contributed by atoms with Gasteiger partial charge in [-0.3, -0.25) is 18.6 Å². The van der Waals surface area contributed by atoms with Gasteiger partial charge in [0.05, 0.1) is 27.7 Å². The van der Waals surface area contributed by atoms with Crippen LogP contribution in [0.5, 0.6) is 0 Å². The molecule has 2 atom stereocenters. The zero-order valence-corrected chi connectivity index (χ0v) is 62.4. The van der Waals surface area contributed by atoms with E-state index in [2.05, 4.69) is 123 Å². The van der Waals surface area contributed by atoms with Crippen LogP contribution in [0.25, 0.3) is 0 Å². The van der Waals surface area contributed by atoms with Crippen LogP contribution in [0.15, 0.2) is 109 Å². The van der Waals surface area contributed by atoms with Crippen LogP contribution in [0.4, 0.5) is 0 Å². The fourth-order valence-corrected chi connectivity index (χ4v) is 11.9. The molecule has 0 aromatic heterocycles. The Labute approximate surface area is 576 Å². The molecule has 0 amide bonds. The molecule has 9 nitrogen and oxygen atoms in total. The Morgan fingerprint density at radius 3 is 0.914 bits per heavy atom. The highest BCUT2D eigenvalue weighted by Gasteiger charge is 2.27. The van der Waals surface area contributed by atoms with Crippen molar-refractivity contribution in [2.45, 2.75) is 360 Å². The molecule has 0 fully saturated rings. The number of carbonyl (C=O) groups excluding carboxylic acids is 2. The number of nitrogens with zero attached hydrogens (tertiary/aromatic N) is 1. The van der Waals surface area contributed by atoms with E-state index < -0.39 is 26.5 Å². The third kappa shape index (κ3) is 77.6. The molecule has 2 unspecified atom stereocenters. The number of unbranched alkanes of at least 4 members (excludes halogenated alkanes) is 40. The molecule has 0 spiro atoms. The molecule has 93 heavy (non-hydrogen) atoms. The Balaban J connectivity index is 4.01. The van der Waals surface area contributed by atoms with Crippen LogP contribution in [-0.4, -0.2) is 74.9 Å². The Hall–Kier alpha value is -3.33. The highest BCUT2D eigenvalue weighted by atomic mass is 31.2. The molecule has 0 aromatic rings. The number of rotatable bonds is 72. The first-order valence-electron chi connectivity index (χ1n) is 39.1. The van der Waals surface area contributed by atoms with Gasteiger partial charge < -0.3 is 18.9 Å². The van der Waals surface area contributed by atoms with Crippen LogP contribution in [0.3, 0.4) is 0 Å². The molecule has 0 saturated carbocycles. The largest absolute Gasteiger partial charge is 0.472 e. The summed E-state index contributed by atoms with van der Waals surface area (Å²) in [4.78, 5) is 36.0. The lowest BCUT2D eigenvalue weighted by Crippen LogP contribution is -2.37. The van der Waals surface area contributed by atoms with Crippen molar-refractivity contribution in [3.8, 4) is 0 Å². The third-order valence-corrected chi connectivity index (χ3v) is 18.1. The first kappa shape index (κ1) is 89.7. The van der Waals surface area contributed by atoms with E-state index in [0.717, 1.165) is 103 Å². The van der Waals surface area contributed by atoms with E-state index in [1.807, 2.05) is 21.1 Å². The van der Waals surface area contributed by atoms with Crippen molar-refractivity contribution in [1.29, 1.82) is 0 Å². The summed E-state index contributed by atoms with van der Waals surface area (Å²) in [6.45, 7) is 4.36. The first-order chi connectivity index (χ1) is 45.5. The summed E-state index contributed by atoms with van der Waals surface area (Å²) in [7, 11) is 1.48. The van der Waals surface area contributed by atoms with Gasteiger partial charge in [-0.2, -0.15) is 0 Å².